The third-order valence-corrected chi connectivity index (χ3v) is 8.21. The molecular formula is C32H35N3O2. The summed E-state index contributed by atoms with van der Waals surface area (Å²) < 4.78 is 8.42. The van der Waals surface area contributed by atoms with E-state index in [0.29, 0.717) is 24.9 Å². The van der Waals surface area contributed by atoms with Crippen molar-refractivity contribution >= 4 is 16.9 Å². The topological polar surface area (TPSA) is 47.4 Å². The Hall–Kier alpha value is -3.60. The summed E-state index contributed by atoms with van der Waals surface area (Å²) in [6.45, 7) is 2.36. The highest BCUT2D eigenvalue weighted by Crippen LogP contribution is 2.37. The van der Waals surface area contributed by atoms with E-state index >= 15 is 0 Å². The standard InChI is InChI=1S/C32H35N3O2/c36-32(34-20-17-28(18-21-34)37-27-10-5-2-6-11-27)29-23-35(30-12-7-19-33-31(29)30)22-24-13-15-26(16-14-24)25-8-3-1-4-9-25/h1-12,19,23-24,26,28H,13-18,20-22H2. The summed E-state index contributed by atoms with van der Waals surface area (Å²) in [5.74, 6) is 2.29. The Kier molecular flexibility index (Phi) is 6.94. The summed E-state index contributed by atoms with van der Waals surface area (Å²) in [5.41, 5.74) is 4.10. The van der Waals surface area contributed by atoms with Crippen LogP contribution in [0.2, 0.25) is 0 Å². The minimum absolute atomic E-state index is 0.0911. The van der Waals surface area contributed by atoms with E-state index in [1.54, 1.807) is 6.20 Å². The molecule has 1 amide bonds. The summed E-state index contributed by atoms with van der Waals surface area (Å²) in [5, 5.41) is 0. The number of rotatable bonds is 6. The van der Waals surface area contributed by atoms with Gasteiger partial charge in [-0.25, -0.2) is 0 Å². The van der Waals surface area contributed by atoms with Gasteiger partial charge in [0.05, 0.1) is 11.1 Å². The molecule has 3 heterocycles. The first-order valence-electron chi connectivity index (χ1n) is 13.7. The summed E-state index contributed by atoms with van der Waals surface area (Å²) in [4.78, 5) is 20.2. The van der Waals surface area contributed by atoms with Crippen molar-refractivity contribution in [3.8, 4) is 5.75 Å². The van der Waals surface area contributed by atoms with Gasteiger partial charge in [-0.05, 0) is 67.3 Å². The van der Waals surface area contributed by atoms with E-state index in [2.05, 4.69) is 52.1 Å². The van der Waals surface area contributed by atoms with Crippen LogP contribution < -0.4 is 4.74 Å². The molecule has 0 unspecified atom stereocenters. The predicted octanol–water partition coefficient (Wildman–Crippen LogP) is 6.69. The number of para-hydroxylation sites is 1. The van der Waals surface area contributed by atoms with Crippen molar-refractivity contribution in [3.05, 3.63) is 96.3 Å². The summed E-state index contributed by atoms with van der Waals surface area (Å²) in [6, 6.07) is 25.0. The van der Waals surface area contributed by atoms with E-state index in [1.165, 1.54) is 31.2 Å². The molecule has 2 aromatic heterocycles. The number of hydrogen-bond donors (Lipinski definition) is 0. The molecular weight excluding hydrogens is 458 g/mol. The molecule has 0 N–H and O–H groups in total. The van der Waals surface area contributed by atoms with Crippen molar-refractivity contribution in [2.24, 2.45) is 5.92 Å². The minimum Gasteiger partial charge on any atom is -0.490 e. The number of carbonyl (C=O) groups is 1. The summed E-state index contributed by atoms with van der Waals surface area (Å²) in [7, 11) is 0. The van der Waals surface area contributed by atoms with E-state index in [-0.39, 0.29) is 12.0 Å². The molecule has 2 aromatic carbocycles. The second-order valence-corrected chi connectivity index (χ2v) is 10.6. The number of nitrogens with zero attached hydrogens (tertiary/aromatic N) is 3. The number of hydrogen-bond acceptors (Lipinski definition) is 3. The molecule has 4 aromatic rings. The number of amides is 1. The molecule has 5 nitrogen and oxygen atoms in total. The van der Waals surface area contributed by atoms with Crippen LogP contribution >= 0.6 is 0 Å². The van der Waals surface area contributed by atoms with Crippen molar-refractivity contribution in [2.45, 2.75) is 57.1 Å². The number of likely N-dealkylation sites (tertiary alicyclic amines) is 1. The Morgan fingerprint density at radius 1 is 0.838 bits per heavy atom. The highest BCUT2D eigenvalue weighted by atomic mass is 16.5. The Labute approximate surface area is 219 Å². The lowest BCUT2D eigenvalue weighted by molar-refractivity contribution is 0.0597. The quantitative estimate of drug-likeness (QED) is 0.300. The van der Waals surface area contributed by atoms with Crippen LogP contribution in [0.15, 0.2) is 85.2 Å². The Morgan fingerprint density at radius 3 is 2.27 bits per heavy atom. The smallest absolute Gasteiger partial charge is 0.257 e. The van der Waals surface area contributed by atoms with Gasteiger partial charge in [-0.15, -0.1) is 0 Å². The molecule has 1 saturated heterocycles. The van der Waals surface area contributed by atoms with Gasteiger partial charge < -0.3 is 14.2 Å². The van der Waals surface area contributed by atoms with Gasteiger partial charge >= 0.3 is 0 Å². The molecule has 0 radical (unpaired) electrons. The summed E-state index contributed by atoms with van der Waals surface area (Å²) in [6.07, 6.45) is 10.6. The van der Waals surface area contributed by atoms with E-state index in [1.807, 2.05) is 41.3 Å². The van der Waals surface area contributed by atoms with Crippen molar-refractivity contribution in [1.29, 1.82) is 0 Å². The van der Waals surface area contributed by atoms with Crippen LogP contribution in [0.4, 0.5) is 0 Å². The molecule has 190 valence electrons. The molecule has 2 aliphatic rings. The largest absolute Gasteiger partial charge is 0.490 e. The number of carbonyl (C=O) groups excluding carboxylic acids is 1. The number of ether oxygens (including phenoxy) is 1. The monoisotopic (exact) mass is 493 g/mol. The number of benzene rings is 2. The second-order valence-electron chi connectivity index (χ2n) is 10.6. The molecule has 1 aliphatic carbocycles. The van der Waals surface area contributed by atoms with Gasteiger partial charge in [-0.3, -0.25) is 9.78 Å². The molecule has 37 heavy (non-hydrogen) atoms. The number of aromatic nitrogens is 2. The fourth-order valence-corrected chi connectivity index (χ4v) is 6.15. The van der Waals surface area contributed by atoms with Crippen LogP contribution in [-0.2, 0) is 6.54 Å². The molecule has 0 bridgehead atoms. The maximum absolute atomic E-state index is 13.6. The lowest BCUT2D eigenvalue weighted by Gasteiger charge is -2.32. The Morgan fingerprint density at radius 2 is 1.54 bits per heavy atom. The average molecular weight is 494 g/mol. The molecule has 0 spiro atoms. The highest BCUT2D eigenvalue weighted by molar-refractivity contribution is 6.05. The predicted molar refractivity (Wildman–Crippen MR) is 147 cm³/mol. The third-order valence-electron chi connectivity index (χ3n) is 8.21. The lowest BCUT2D eigenvalue weighted by atomic mass is 9.78. The van der Waals surface area contributed by atoms with Crippen molar-refractivity contribution in [1.82, 2.24) is 14.5 Å². The normalized spacial score (nSPS) is 20.7. The second kappa shape index (κ2) is 10.8. The molecule has 5 heteroatoms. The van der Waals surface area contributed by atoms with Gasteiger partial charge in [0.25, 0.3) is 5.91 Å². The molecule has 1 aliphatic heterocycles. The number of piperidine rings is 1. The average Bonchev–Trinajstić information content (AvgIpc) is 3.33. The Balaban J connectivity index is 1.11. The van der Waals surface area contributed by atoms with Crippen LogP contribution in [0, 0.1) is 5.92 Å². The highest BCUT2D eigenvalue weighted by Gasteiger charge is 2.28. The van der Waals surface area contributed by atoms with Crippen LogP contribution in [0.25, 0.3) is 11.0 Å². The SMILES string of the molecule is O=C(c1cn(CC2CCC(c3ccccc3)CC2)c2cccnc12)N1CCC(Oc2ccccc2)CC1. The van der Waals surface area contributed by atoms with Crippen LogP contribution in [0.3, 0.4) is 0 Å². The first kappa shape index (κ1) is 23.8. The lowest BCUT2D eigenvalue weighted by Crippen LogP contribution is -2.41. The minimum atomic E-state index is 0.0911. The zero-order valence-corrected chi connectivity index (χ0v) is 21.3. The van der Waals surface area contributed by atoms with Gasteiger partial charge in [0.15, 0.2) is 0 Å². The fraction of sp³-hybridized carbons (Fsp3) is 0.375. The van der Waals surface area contributed by atoms with E-state index in [4.69, 9.17) is 4.74 Å². The first-order chi connectivity index (χ1) is 18.2. The fourth-order valence-electron chi connectivity index (χ4n) is 6.15. The number of fused-ring (bicyclic) bond motifs is 1. The van der Waals surface area contributed by atoms with Gasteiger partial charge in [0.1, 0.15) is 17.4 Å². The number of pyridine rings is 1. The van der Waals surface area contributed by atoms with Crippen molar-refractivity contribution < 1.29 is 9.53 Å². The molecule has 1 saturated carbocycles. The first-order valence-corrected chi connectivity index (χ1v) is 13.7. The van der Waals surface area contributed by atoms with Crippen LogP contribution in [0.1, 0.15) is 60.4 Å². The van der Waals surface area contributed by atoms with E-state index < -0.39 is 0 Å². The molecule has 6 rings (SSSR count). The van der Waals surface area contributed by atoms with E-state index in [9.17, 15) is 4.79 Å². The van der Waals surface area contributed by atoms with Gasteiger partial charge in [0.2, 0.25) is 0 Å². The van der Waals surface area contributed by atoms with Gasteiger partial charge in [-0.2, -0.15) is 0 Å². The maximum atomic E-state index is 13.6. The van der Waals surface area contributed by atoms with Gasteiger partial charge in [0, 0.05) is 44.9 Å². The van der Waals surface area contributed by atoms with Crippen molar-refractivity contribution in [2.75, 3.05) is 13.1 Å². The Bertz CT molecular complexity index is 1320. The maximum Gasteiger partial charge on any atom is 0.257 e. The summed E-state index contributed by atoms with van der Waals surface area (Å²) >= 11 is 0. The van der Waals surface area contributed by atoms with E-state index in [0.717, 1.165) is 41.7 Å². The van der Waals surface area contributed by atoms with Crippen LogP contribution in [-0.4, -0.2) is 39.6 Å². The van der Waals surface area contributed by atoms with Crippen LogP contribution in [0.5, 0.6) is 5.75 Å². The molecule has 2 fully saturated rings. The van der Waals surface area contributed by atoms with Gasteiger partial charge in [-0.1, -0.05) is 48.5 Å². The zero-order chi connectivity index (χ0) is 25.0. The third kappa shape index (κ3) is 5.27. The van der Waals surface area contributed by atoms with Crippen molar-refractivity contribution in [3.63, 3.8) is 0 Å². The molecule has 0 atom stereocenters. The zero-order valence-electron chi connectivity index (χ0n) is 21.3.